The van der Waals surface area contributed by atoms with Gasteiger partial charge >= 0.3 is 6.18 Å². The molecule has 0 saturated carbocycles. The number of likely N-dealkylation sites (tertiary alicyclic amines) is 1. The Bertz CT molecular complexity index is 853. The monoisotopic (exact) mass is 408 g/mol. The van der Waals surface area contributed by atoms with E-state index in [1.807, 2.05) is 23.1 Å². The van der Waals surface area contributed by atoms with Crippen molar-refractivity contribution in [3.05, 3.63) is 53.6 Å². The molecule has 2 aromatic carbocycles. The maximum Gasteiger partial charge on any atom is 0.416 e. The fourth-order valence-electron chi connectivity index (χ4n) is 3.59. The molecule has 1 N–H and O–H groups in total. The van der Waals surface area contributed by atoms with Crippen molar-refractivity contribution in [2.75, 3.05) is 32.6 Å². The van der Waals surface area contributed by atoms with Crippen molar-refractivity contribution in [1.82, 2.24) is 4.90 Å². The van der Waals surface area contributed by atoms with Crippen molar-refractivity contribution >= 4 is 11.6 Å². The van der Waals surface area contributed by atoms with Crippen molar-refractivity contribution in [1.29, 1.82) is 0 Å². The first-order valence-electron chi connectivity index (χ1n) is 9.25. The van der Waals surface area contributed by atoms with E-state index in [0.29, 0.717) is 11.4 Å². The molecule has 8 heteroatoms. The highest BCUT2D eigenvalue weighted by Crippen LogP contribution is 2.38. The average Bonchev–Trinajstić information content (AvgIpc) is 3.14. The third-order valence-corrected chi connectivity index (χ3v) is 5.00. The second-order valence-electron chi connectivity index (χ2n) is 6.86. The highest BCUT2D eigenvalue weighted by Gasteiger charge is 2.31. The van der Waals surface area contributed by atoms with Crippen molar-refractivity contribution < 1.29 is 27.4 Å². The fourth-order valence-corrected chi connectivity index (χ4v) is 3.59. The van der Waals surface area contributed by atoms with E-state index in [1.54, 1.807) is 14.2 Å². The number of amides is 1. The summed E-state index contributed by atoms with van der Waals surface area (Å²) in [5.41, 5.74) is 0.532. The van der Waals surface area contributed by atoms with Crippen LogP contribution in [0.3, 0.4) is 0 Å². The second kappa shape index (κ2) is 8.73. The quantitative estimate of drug-likeness (QED) is 0.765. The maximum atomic E-state index is 12.7. The topological polar surface area (TPSA) is 50.8 Å². The number of anilines is 1. The van der Waals surface area contributed by atoms with Gasteiger partial charge in [-0.1, -0.05) is 0 Å². The molecule has 29 heavy (non-hydrogen) atoms. The maximum absolute atomic E-state index is 12.7. The molecule has 1 saturated heterocycles. The van der Waals surface area contributed by atoms with Crippen LogP contribution in [0.1, 0.15) is 30.0 Å². The van der Waals surface area contributed by atoms with Gasteiger partial charge in [-0.25, -0.2) is 0 Å². The Morgan fingerprint density at radius 2 is 1.86 bits per heavy atom. The summed E-state index contributed by atoms with van der Waals surface area (Å²) in [6, 6.07) is 9.99. The van der Waals surface area contributed by atoms with E-state index < -0.39 is 11.7 Å². The number of rotatable bonds is 6. The van der Waals surface area contributed by atoms with E-state index in [1.165, 1.54) is 12.1 Å². The van der Waals surface area contributed by atoms with Crippen LogP contribution in [-0.2, 0) is 11.0 Å². The predicted molar refractivity (Wildman–Crippen MR) is 103 cm³/mol. The summed E-state index contributed by atoms with van der Waals surface area (Å²) in [5, 5.41) is 2.67. The molecule has 2 aromatic rings. The predicted octanol–water partition coefficient (Wildman–Crippen LogP) is 4.50. The average molecular weight is 408 g/mol. The van der Waals surface area contributed by atoms with Gasteiger partial charge < -0.3 is 14.8 Å². The molecule has 1 aliphatic heterocycles. The number of ether oxygens (including phenoxy) is 2. The number of hydrogen-bond acceptors (Lipinski definition) is 4. The molecule has 1 aliphatic rings. The molecule has 0 aromatic heterocycles. The Balaban J connectivity index is 1.69. The summed E-state index contributed by atoms with van der Waals surface area (Å²) in [6.45, 7) is 0.873. The van der Waals surface area contributed by atoms with Gasteiger partial charge in [0.1, 0.15) is 11.5 Å². The SMILES string of the molecule is COc1ccc(OC)c([C@H]2CCCN2CC(=O)Nc2ccc(C(F)(F)F)cc2)c1. The zero-order valence-electron chi connectivity index (χ0n) is 16.3. The highest BCUT2D eigenvalue weighted by molar-refractivity contribution is 5.92. The zero-order valence-corrected chi connectivity index (χ0v) is 16.3. The van der Waals surface area contributed by atoms with Crippen LogP contribution in [0, 0.1) is 0 Å². The second-order valence-corrected chi connectivity index (χ2v) is 6.86. The van der Waals surface area contributed by atoms with E-state index >= 15 is 0 Å². The lowest BCUT2D eigenvalue weighted by atomic mass is 10.0. The van der Waals surface area contributed by atoms with Gasteiger partial charge in [-0.2, -0.15) is 13.2 Å². The number of benzene rings is 2. The minimum Gasteiger partial charge on any atom is -0.497 e. The summed E-state index contributed by atoms with van der Waals surface area (Å²) in [6.07, 6.45) is -2.60. The van der Waals surface area contributed by atoms with Gasteiger partial charge in [-0.3, -0.25) is 9.69 Å². The number of nitrogens with zero attached hydrogens (tertiary/aromatic N) is 1. The Morgan fingerprint density at radius 1 is 1.14 bits per heavy atom. The molecule has 0 spiro atoms. The molecule has 5 nitrogen and oxygen atoms in total. The minimum atomic E-state index is -4.40. The first-order chi connectivity index (χ1) is 13.8. The number of carbonyl (C=O) groups is 1. The number of hydrogen-bond donors (Lipinski definition) is 1. The molecule has 1 atom stereocenters. The van der Waals surface area contributed by atoms with Crippen molar-refractivity contribution in [3.8, 4) is 11.5 Å². The molecule has 1 fully saturated rings. The standard InChI is InChI=1S/C21H23F3N2O3/c1-28-16-9-10-19(29-2)17(12-16)18-4-3-11-26(18)13-20(27)25-15-7-5-14(6-8-15)21(22,23)24/h5-10,12,18H,3-4,11,13H2,1-2H3,(H,25,27)/t18-/m1/s1. The fraction of sp³-hybridized carbons (Fsp3) is 0.381. The normalized spacial score (nSPS) is 17.2. The summed E-state index contributed by atoms with van der Waals surface area (Å²) in [4.78, 5) is 14.5. The van der Waals surface area contributed by atoms with Crippen LogP contribution in [0.2, 0.25) is 0 Å². The zero-order chi connectivity index (χ0) is 21.0. The van der Waals surface area contributed by atoms with Gasteiger partial charge in [-0.05, 0) is 61.9 Å². The first-order valence-corrected chi connectivity index (χ1v) is 9.25. The van der Waals surface area contributed by atoms with Crippen LogP contribution in [0.4, 0.5) is 18.9 Å². The van der Waals surface area contributed by atoms with Crippen LogP contribution in [0.25, 0.3) is 0 Å². The minimum absolute atomic E-state index is 0.00148. The Morgan fingerprint density at radius 3 is 2.48 bits per heavy atom. The molecule has 3 rings (SSSR count). The number of halogens is 3. The van der Waals surface area contributed by atoms with Crippen LogP contribution >= 0.6 is 0 Å². The number of methoxy groups -OCH3 is 2. The summed E-state index contributed by atoms with van der Waals surface area (Å²) < 4.78 is 48.8. The number of alkyl halides is 3. The van der Waals surface area contributed by atoms with Crippen LogP contribution < -0.4 is 14.8 Å². The van der Waals surface area contributed by atoms with E-state index in [0.717, 1.165) is 42.8 Å². The Kier molecular flexibility index (Phi) is 6.32. The van der Waals surface area contributed by atoms with Gasteiger partial charge in [0.2, 0.25) is 5.91 Å². The Labute approximate surface area is 167 Å². The van der Waals surface area contributed by atoms with Gasteiger partial charge in [0.25, 0.3) is 0 Å². The lowest BCUT2D eigenvalue weighted by Crippen LogP contribution is -2.33. The van der Waals surface area contributed by atoms with Crippen LogP contribution in [0.15, 0.2) is 42.5 Å². The lowest BCUT2D eigenvalue weighted by molar-refractivity contribution is -0.137. The van der Waals surface area contributed by atoms with Gasteiger partial charge in [-0.15, -0.1) is 0 Å². The summed E-state index contributed by atoms with van der Waals surface area (Å²) in [7, 11) is 3.19. The van der Waals surface area contributed by atoms with Crippen molar-refractivity contribution in [2.24, 2.45) is 0 Å². The summed E-state index contributed by atoms with van der Waals surface area (Å²) in [5.74, 6) is 1.16. The smallest absolute Gasteiger partial charge is 0.416 e. The molecule has 156 valence electrons. The van der Waals surface area contributed by atoms with Gasteiger partial charge in [0.15, 0.2) is 0 Å². The van der Waals surface area contributed by atoms with E-state index in [-0.39, 0.29) is 18.5 Å². The Hall–Kier alpha value is -2.74. The third kappa shape index (κ3) is 5.00. The highest BCUT2D eigenvalue weighted by atomic mass is 19.4. The molecule has 1 heterocycles. The number of carbonyl (C=O) groups excluding carboxylic acids is 1. The first kappa shape index (κ1) is 21.0. The molecular weight excluding hydrogens is 385 g/mol. The van der Waals surface area contributed by atoms with Crippen molar-refractivity contribution in [2.45, 2.75) is 25.1 Å². The van der Waals surface area contributed by atoms with E-state index in [2.05, 4.69) is 5.32 Å². The molecule has 0 radical (unpaired) electrons. The lowest BCUT2D eigenvalue weighted by Gasteiger charge is -2.26. The van der Waals surface area contributed by atoms with Crippen LogP contribution in [0.5, 0.6) is 11.5 Å². The van der Waals surface area contributed by atoms with Gasteiger partial charge in [0, 0.05) is 17.3 Å². The molecular formula is C21H23F3N2O3. The molecule has 0 bridgehead atoms. The largest absolute Gasteiger partial charge is 0.497 e. The van der Waals surface area contributed by atoms with Crippen molar-refractivity contribution in [3.63, 3.8) is 0 Å². The third-order valence-electron chi connectivity index (χ3n) is 5.00. The van der Waals surface area contributed by atoms with Crippen LogP contribution in [-0.4, -0.2) is 38.1 Å². The molecule has 0 aliphatic carbocycles. The van der Waals surface area contributed by atoms with E-state index in [9.17, 15) is 18.0 Å². The number of nitrogens with one attached hydrogen (secondary N) is 1. The molecule has 0 unspecified atom stereocenters. The summed E-state index contributed by atoms with van der Waals surface area (Å²) >= 11 is 0. The van der Waals surface area contributed by atoms with E-state index in [4.69, 9.17) is 9.47 Å². The van der Waals surface area contributed by atoms with Gasteiger partial charge in [0.05, 0.1) is 26.3 Å². The molecule has 1 amide bonds.